The average molecular weight is 256 g/mol. The molecule has 2 N–H and O–H groups in total. The topological polar surface area (TPSA) is 66.8 Å². The highest BCUT2D eigenvalue weighted by atomic mass is 16.5. The van der Waals surface area contributed by atoms with E-state index in [0.717, 1.165) is 0 Å². The first-order valence-electron chi connectivity index (χ1n) is 5.95. The van der Waals surface area contributed by atoms with Crippen molar-refractivity contribution in [3.05, 3.63) is 59.2 Å². The van der Waals surface area contributed by atoms with Crippen molar-refractivity contribution in [2.75, 3.05) is 0 Å². The number of para-hydroxylation sites is 2. The van der Waals surface area contributed by atoms with Crippen molar-refractivity contribution in [3.8, 4) is 11.5 Å². The number of aliphatic hydroxyl groups excluding tert-OH is 1. The highest BCUT2D eigenvalue weighted by Crippen LogP contribution is 2.44. The minimum absolute atomic E-state index is 0.127. The van der Waals surface area contributed by atoms with Crippen molar-refractivity contribution < 1.29 is 19.7 Å². The molecule has 19 heavy (non-hydrogen) atoms. The first-order chi connectivity index (χ1) is 9.16. The number of hydrogen-bond donors (Lipinski definition) is 2. The van der Waals surface area contributed by atoms with Crippen LogP contribution < -0.4 is 4.74 Å². The molecule has 0 saturated carbocycles. The van der Waals surface area contributed by atoms with Crippen LogP contribution in [0.3, 0.4) is 0 Å². The van der Waals surface area contributed by atoms with Gasteiger partial charge in [-0.25, -0.2) is 0 Å². The fraction of sp³-hybridized carbons (Fsp3) is 0.133. The van der Waals surface area contributed by atoms with E-state index >= 15 is 0 Å². The van der Waals surface area contributed by atoms with Gasteiger partial charge in [0.25, 0.3) is 0 Å². The second-order valence-electron chi connectivity index (χ2n) is 4.45. The fourth-order valence-corrected chi connectivity index (χ4v) is 2.32. The van der Waals surface area contributed by atoms with Gasteiger partial charge in [0.2, 0.25) is 0 Å². The van der Waals surface area contributed by atoms with Crippen LogP contribution in [0, 0.1) is 0 Å². The van der Waals surface area contributed by atoms with Crippen LogP contribution in [0.15, 0.2) is 42.5 Å². The molecule has 96 valence electrons. The minimum Gasteiger partial charge on any atom is -0.481 e. The summed E-state index contributed by atoms with van der Waals surface area (Å²) < 4.78 is 5.76. The number of ether oxygens (including phenoxy) is 1. The Balaban J connectivity index is 2.12. The van der Waals surface area contributed by atoms with Gasteiger partial charge in [0.05, 0.1) is 6.42 Å². The molecule has 2 aromatic carbocycles. The lowest BCUT2D eigenvalue weighted by Gasteiger charge is -2.26. The van der Waals surface area contributed by atoms with Gasteiger partial charge in [-0.2, -0.15) is 0 Å². The van der Waals surface area contributed by atoms with Crippen LogP contribution in [0.1, 0.15) is 22.8 Å². The Hall–Kier alpha value is -2.33. The standard InChI is InChI=1S/C15H12O4/c16-13(17)8-9-4-3-6-11-14(18)10-5-1-2-7-12(10)19-15(9)11/h1-7,14,18H,8H2,(H,16,17). The van der Waals surface area contributed by atoms with Crippen LogP contribution >= 0.6 is 0 Å². The van der Waals surface area contributed by atoms with Crippen molar-refractivity contribution in [1.82, 2.24) is 0 Å². The Morgan fingerprint density at radius 3 is 2.63 bits per heavy atom. The molecule has 1 aliphatic rings. The van der Waals surface area contributed by atoms with Crippen LogP contribution in [0.5, 0.6) is 11.5 Å². The first kappa shape index (κ1) is 11.7. The summed E-state index contributed by atoms with van der Waals surface area (Å²) in [6.45, 7) is 0. The third-order valence-corrected chi connectivity index (χ3v) is 3.19. The van der Waals surface area contributed by atoms with Gasteiger partial charge in [0, 0.05) is 16.7 Å². The van der Waals surface area contributed by atoms with E-state index in [9.17, 15) is 9.90 Å². The van der Waals surface area contributed by atoms with Gasteiger partial charge in [-0.05, 0) is 6.07 Å². The molecule has 0 saturated heterocycles. The summed E-state index contributed by atoms with van der Waals surface area (Å²) in [6.07, 6.45) is -0.911. The van der Waals surface area contributed by atoms with Gasteiger partial charge in [0.1, 0.15) is 17.6 Å². The number of rotatable bonds is 2. The van der Waals surface area contributed by atoms with Crippen LogP contribution in [0.4, 0.5) is 0 Å². The molecular weight excluding hydrogens is 244 g/mol. The monoisotopic (exact) mass is 256 g/mol. The number of benzene rings is 2. The predicted octanol–water partition coefficient (Wildman–Crippen LogP) is 2.50. The van der Waals surface area contributed by atoms with Gasteiger partial charge in [-0.15, -0.1) is 0 Å². The van der Waals surface area contributed by atoms with Crippen LogP contribution in [-0.4, -0.2) is 16.2 Å². The second-order valence-corrected chi connectivity index (χ2v) is 4.45. The van der Waals surface area contributed by atoms with Gasteiger partial charge in [-0.1, -0.05) is 36.4 Å². The molecule has 0 bridgehead atoms. The lowest BCUT2D eigenvalue weighted by Crippen LogP contribution is -2.12. The second kappa shape index (κ2) is 4.40. The Labute approximate surface area is 109 Å². The lowest BCUT2D eigenvalue weighted by atomic mass is 9.94. The summed E-state index contributed by atoms with van der Waals surface area (Å²) in [5.41, 5.74) is 1.87. The molecule has 0 fully saturated rings. The number of carbonyl (C=O) groups is 1. The molecule has 3 rings (SSSR count). The smallest absolute Gasteiger partial charge is 0.307 e. The zero-order valence-corrected chi connectivity index (χ0v) is 10.0. The van der Waals surface area contributed by atoms with E-state index in [0.29, 0.717) is 28.2 Å². The number of hydrogen-bond acceptors (Lipinski definition) is 3. The summed E-state index contributed by atoms with van der Waals surface area (Å²) in [6, 6.07) is 12.4. The molecule has 1 unspecified atom stereocenters. The molecule has 1 aliphatic heterocycles. The van der Waals surface area contributed by atoms with Crippen LogP contribution in [-0.2, 0) is 11.2 Å². The van der Waals surface area contributed by atoms with Crippen molar-refractivity contribution in [1.29, 1.82) is 0 Å². The summed E-state index contributed by atoms with van der Waals surface area (Å²) in [5.74, 6) is 0.0989. The molecular formula is C15H12O4. The van der Waals surface area contributed by atoms with Gasteiger partial charge in [0.15, 0.2) is 0 Å². The van der Waals surface area contributed by atoms with E-state index < -0.39 is 12.1 Å². The molecule has 0 spiro atoms. The fourth-order valence-electron chi connectivity index (χ4n) is 2.32. The highest BCUT2D eigenvalue weighted by Gasteiger charge is 2.27. The maximum absolute atomic E-state index is 10.9. The quantitative estimate of drug-likeness (QED) is 0.866. The van der Waals surface area contributed by atoms with E-state index in [1.807, 2.05) is 12.1 Å². The highest BCUT2D eigenvalue weighted by molar-refractivity contribution is 5.72. The Morgan fingerprint density at radius 2 is 1.84 bits per heavy atom. The number of carboxylic acid groups (broad SMARTS) is 1. The molecule has 0 amide bonds. The first-order valence-corrected chi connectivity index (χ1v) is 5.95. The third-order valence-electron chi connectivity index (χ3n) is 3.19. The van der Waals surface area contributed by atoms with Crippen molar-refractivity contribution >= 4 is 5.97 Å². The zero-order valence-electron chi connectivity index (χ0n) is 10.0. The summed E-state index contributed by atoms with van der Waals surface area (Å²) in [7, 11) is 0. The number of aliphatic hydroxyl groups is 1. The van der Waals surface area contributed by atoms with E-state index in [2.05, 4.69) is 0 Å². The van der Waals surface area contributed by atoms with Crippen molar-refractivity contribution in [2.24, 2.45) is 0 Å². The average Bonchev–Trinajstić information content (AvgIpc) is 2.40. The SMILES string of the molecule is O=C(O)Cc1cccc2c1Oc1ccccc1C2O. The minimum atomic E-state index is -0.926. The largest absolute Gasteiger partial charge is 0.481 e. The van der Waals surface area contributed by atoms with Crippen LogP contribution in [0.2, 0.25) is 0 Å². The Kier molecular flexibility index (Phi) is 2.72. The number of fused-ring (bicyclic) bond motifs is 2. The normalized spacial score (nSPS) is 16.2. The number of carboxylic acids is 1. The molecule has 1 atom stereocenters. The molecule has 4 nitrogen and oxygen atoms in total. The lowest BCUT2D eigenvalue weighted by molar-refractivity contribution is -0.136. The van der Waals surface area contributed by atoms with E-state index in [-0.39, 0.29) is 6.42 Å². The molecule has 1 heterocycles. The number of aliphatic carboxylic acids is 1. The maximum Gasteiger partial charge on any atom is 0.307 e. The maximum atomic E-state index is 10.9. The Morgan fingerprint density at radius 1 is 1.11 bits per heavy atom. The summed E-state index contributed by atoms with van der Waals surface area (Å²) >= 11 is 0. The third kappa shape index (κ3) is 1.96. The van der Waals surface area contributed by atoms with Gasteiger partial charge in [-0.3, -0.25) is 4.79 Å². The van der Waals surface area contributed by atoms with Crippen molar-refractivity contribution in [2.45, 2.75) is 12.5 Å². The zero-order chi connectivity index (χ0) is 13.4. The predicted molar refractivity (Wildman–Crippen MR) is 68.4 cm³/mol. The van der Waals surface area contributed by atoms with Gasteiger partial charge < -0.3 is 14.9 Å². The van der Waals surface area contributed by atoms with E-state index in [1.54, 1.807) is 30.3 Å². The molecule has 0 aliphatic carbocycles. The molecule has 2 aromatic rings. The Bertz CT molecular complexity index is 648. The molecule has 4 heteroatoms. The van der Waals surface area contributed by atoms with E-state index in [1.165, 1.54) is 0 Å². The summed E-state index contributed by atoms with van der Waals surface area (Å²) in [5, 5.41) is 19.3. The summed E-state index contributed by atoms with van der Waals surface area (Å²) in [4.78, 5) is 10.9. The molecule has 0 radical (unpaired) electrons. The van der Waals surface area contributed by atoms with Crippen molar-refractivity contribution in [3.63, 3.8) is 0 Å². The molecule has 0 aromatic heterocycles. The van der Waals surface area contributed by atoms with Crippen LogP contribution in [0.25, 0.3) is 0 Å². The van der Waals surface area contributed by atoms with E-state index in [4.69, 9.17) is 9.84 Å². The van der Waals surface area contributed by atoms with Gasteiger partial charge >= 0.3 is 5.97 Å².